The summed E-state index contributed by atoms with van der Waals surface area (Å²) in [5.74, 6) is -0.308. The molecule has 1 aromatic carbocycles. The fourth-order valence-electron chi connectivity index (χ4n) is 1.63. The highest BCUT2D eigenvalue weighted by atomic mass is 35.5. The summed E-state index contributed by atoms with van der Waals surface area (Å²) in [7, 11) is 0. The molecule has 19 heavy (non-hydrogen) atoms. The van der Waals surface area contributed by atoms with Crippen molar-refractivity contribution in [1.29, 1.82) is 0 Å². The van der Waals surface area contributed by atoms with Crippen LogP contribution in [0.1, 0.15) is 16.1 Å². The number of benzene rings is 1. The first-order valence-corrected chi connectivity index (χ1v) is 6.20. The SMILES string of the molecule is O=C(Nc1ccc(CCO)cc1Cl)c1ccccn1. The van der Waals surface area contributed by atoms with Gasteiger partial charge in [0.15, 0.2) is 0 Å². The quantitative estimate of drug-likeness (QED) is 0.902. The predicted octanol–water partition coefficient (Wildman–Crippen LogP) is 2.52. The van der Waals surface area contributed by atoms with Crippen LogP contribution in [0.3, 0.4) is 0 Å². The van der Waals surface area contributed by atoms with E-state index in [-0.39, 0.29) is 12.5 Å². The Hall–Kier alpha value is -1.91. The number of pyridine rings is 1. The van der Waals surface area contributed by atoms with Gasteiger partial charge in [0.25, 0.3) is 5.91 Å². The minimum absolute atomic E-state index is 0.0654. The van der Waals surface area contributed by atoms with Gasteiger partial charge in [-0.3, -0.25) is 9.78 Å². The minimum Gasteiger partial charge on any atom is -0.396 e. The molecule has 5 heteroatoms. The van der Waals surface area contributed by atoms with Crippen molar-refractivity contribution in [2.45, 2.75) is 6.42 Å². The van der Waals surface area contributed by atoms with Crippen LogP contribution in [0.2, 0.25) is 5.02 Å². The monoisotopic (exact) mass is 276 g/mol. The number of rotatable bonds is 4. The van der Waals surface area contributed by atoms with Crippen LogP contribution in [-0.2, 0) is 6.42 Å². The van der Waals surface area contributed by atoms with E-state index in [0.29, 0.717) is 22.8 Å². The molecule has 0 bridgehead atoms. The topological polar surface area (TPSA) is 62.2 Å². The van der Waals surface area contributed by atoms with Gasteiger partial charge in [-0.2, -0.15) is 0 Å². The molecule has 0 radical (unpaired) electrons. The number of hydrogen-bond acceptors (Lipinski definition) is 3. The molecule has 0 aliphatic rings. The number of anilines is 1. The maximum Gasteiger partial charge on any atom is 0.274 e. The van der Waals surface area contributed by atoms with Crippen LogP contribution in [0, 0.1) is 0 Å². The summed E-state index contributed by atoms with van der Waals surface area (Å²) in [6.07, 6.45) is 2.09. The van der Waals surface area contributed by atoms with Crippen molar-refractivity contribution in [3.63, 3.8) is 0 Å². The first kappa shape index (κ1) is 13.5. The molecule has 0 spiro atoms. The van der Waals surface area contributed by atoms with Crippen molar-refractivity contribution in [2.75, 3.05) is 11.9 Å². The van der Waals surface area contributed by atoms with E-state index in [4.69, 9.17) is 16.7 Å². The number of nitrogens with zero attached hydrogens (tertiary/aromatic N) is 1. The molecule has 4 nitrogen and oxygen atoms in total. The largest absolute Gasteiger partial charge is 0.396 e. The molecule has 0 saturated carbocycles. The van der Waals surface area contributed by atoms with E-state index >= 15 is 0 Å². The number of halogens is 1. The second-order valence-electron chi connectivity index (χ2n) is 3.96. The van der Waals surface area contributed by atoms with Crippen LogP contribution >= 0.6 is 11.6 Å². The summed E-state index contributed by atoms with van der Waals surface area (Å²) in [5.41, 5.74) is 1.78. The highest BCUT2D eigenvalue weighted by molar-refractivity contribution is 6.34. The van der Waals surface area contributed by atoms with E-state index in [1.165, 1.54) is 0 Å². The highest BCUT2D eigenvalue weighted by Crippen LogP contribution is 2.23. The standard InChI is InChI=1S/C14H13ClN2O2/c15-11-9-10(6-8-18)4-5-12(11)17-14(19)13-3-1-2-7-16-13/h1-5,7,9,18H,6,8H2,(H,17,19). The summed E-state index contributed by atoms with van der Waals surface area (Å²) < 4.78 is 0. The summed E-state index contributed by atoms with van der Waals surface area (Å²) in [4.78, 5) is 15.9. The Balaban J connectivity index is 2.13. The molecule has 0 aliphatic carbocycles. The van der Waals surface area contributed by atoms with Gasteiger partial charge < -0.3 is 10.4 Å². The van der Waals surface area contributed by atoms with Crippen molar-refractivity contribution in [1.82, 2.24) is 4.98 Å². The van der Waals surface area contributed by atoms with Crippen LogP contribution in [0.4, 0.5) is 5.69 Å². The van der Waals surface area contributed by atoms with Gasteiger partial charge in [-0.05, 0) is 36.2 Å². The van der Waals surface area contributed by atoms with E-state index in [9.17, 15) is 4.79 Å². The molecule has 0 saturated heterocycles. The molecule has 1 amide bonds. The maximum atomic E-state index is 11.9. The molecule has 1 heterocycles. The van der Waals surface area contributed by atoms with E-state index in [1.807, 2.05) is 6.07 Å². The van der Waals surface area contributed by atoms with Crippen LogP contribution in [0.5, 0.6) is 0 Å². The lowest BCUT2D eigenvalue weighted by molar-refractivity contribution is 0.102. The molecule has 2 aromatic rings. The molecule has 2 rings (SSSR count). The van der Waals surface area contributed by atoms with Gasteiger partial charge in [-0.25, -0.2) is 0 Å². The number of aliphatic hydroxyl groups is 1. The summed E-state index contributed by atoms with van der Waals surface area (Å²) in [6.45, 7) is 0.0654. The molecular weight excluding hydrogens is 264 g/mol. The average molecular weight is 277 g/mol. The van der Waals surface area contributed by atoms with Crippen molar-refractivity contribution < 1.29 is 9.90 Å². The molecular formula is C14H13ClN2O2. The normalized spacial score (nSPS) is 10.2. The van der Waals surface area contributed by atoms with E-state index in [1.54, 1.807) is 36.5 Å². The Morgan fingerprint density at radius 3 is 2.79 bits per heavy atom. The third kappa shape index (κ3) is 3.53. The average Bonchev–Trinajstić information content (AvgIpc) is 2.43. The van der Waals surface area contributed by atoms with Crippen LogP contribution < -0.4 is 5.32 Å². The number of nitrogens with one attached hydrogen (secondary N) is 1. The second kappa shape index (κ2) is 6.31. The number of aliphatic hydroxyl groups excluding tert-OH is 1. The summed E-state index contributed by atoms with van der Waals surface area (Å²) >= 11 is 6.08. The number of amides is 1. The molecule has 0 atom stereocenters. The fourth-order valence-corrected chi connectivity index (χ4v) is 1.88. The zero-order valence-electron chi connectivity index (χ0n) is 10.1. The number of carbonyl (C=O) groups excluding carboxylic acids is 1. The fraction of sp³-hybridized carbons (Fsp3) is 0.143. The van der Waals surface area contributed by atoms with Gasteiger partial charge in [0.05, 0.1) is 10.7 Å². The zero-order valence-corrected chi connectivity index (χ0v) is 10.9. The van der Waals surface area contributed by atoms with Gasteiger partial charge in [-0.15, -0.1) is 0 Å². The van der Waals surface area contributed by atoms with Crippen molar-refractivity contribution in [2.24, 2.45) is 0 Å². The Labute approximate surface area is 116 Å². The highest BCUT2D eigenvalue weighted by Gasteiger charge is 2.09. The van der Waals surface area contributed by atoms with Gasteiger partial charge in [0, 0.05) is 12.8 Å². The van der Waals surface area contributed by atoms with Gasteiger partial charge in [0.2, 0.25) is 0 Å². The number of carbonyl (C=O) groups is 1. The van der Waals surface area contributed by atoms with Crippen molar-refractivity contribution in [3.05, 3.63) is 58.9 Å². The third-order valence-electron chi connectivity index (χ3n) is 2.58. The summed E-state index contributed by atoms with van der Waals surface area (Å²) in [6, 6.07) is 10.4. The molecule has 0 unspecified atom stereocenters. The first-order valence-electron chi connectivity index (χ1n) is 5.82. The van der Waals surface area contributed by atoms with Crippen molar-refractivity contribution >= 4 is 23.2 Å². The second-order valence-corrected chi connectivity index (χ2v) is 4.36. The third-order valence-corrected chi connectivity index (χ3v) is 2.89. The maximum absolute atomic E-state index is 11.9. The van der Waals surface area contributed by atoms with Crippen molar-refractivity contribution in [3.8, 4) is 0 Å². The lowest BCUT2D eigenvalue weighted by Gasteiger charge is -2.08. The van der Waals surface area contributed by atoms with E-state index in [2.05, 4.69) is 10.3 Å². The molecule has 1 aromatic heterocycles. The van der Waals surface area contributed by atoms with Crippen LogP contribution in [0.15, 0.2) is 42.6 Å². The summed E-state index contributed by atoms with van der Waals surface area (Å²) in [5, 5.41) is 12.0. The molecule has 0 aliphatic heterocycles. The molecule has 0 fully saturated rings. The Morgan fingerprint density at radius 2 is 2.16 bits per heavy atom. The van der Waals surface area contributed by atoms with Gasteiger partial charge >= 0.3 is 0 Å². The zero-order chi connectivity index (χ0) is 13.7. The number of aromatic nitrogens is 1. The van der Waals surface area contributed by atoms with Gasteiger partial charge in [0.1, 0.15) is 5.69 Å². The number of hydrogen-bond donors (Lipinski definition) is 2. The van der Waals surface area contributed by atoms with E-state index < -0.39 is 0 Å². The Morgan fingerprint density at radius 1 is 1.32 bits per heavy atom. The molecule has 2 N–H and O–H groups in total. The Bertz CT molecular complexity index is 573. The smallest absolute Gasteiger partial charge is 0.274 e. The predicted molar refractivity (Wildman–Crippen MR) is 74.4 cm³/mol. The van der Waals surface area contributed by atoms with Crippen LogP contribution in [-0.4, -0.2) is 22.6 Å². The first-order chi connectivity index (χ1) is 9.20. The van der Waals surface area contributed by atoms with E-state index in [0.717, 1.165) is 5.56 Å². The Kier molecular flexibility index (Phi) is 4.49. The minimum atomic E-state index is -0.308. The lowest BCUT2D eigenvalue weighted by Crippen LogP contribution is -2.13. The molecule has 98 valence electrons. The van der Waals surface area contributed by atoms with Crippen LogP contribution in [0.25, 0.3) is 0 Å². The lowest BCUT2D eigenvalue weighted by atomic mass is 10.1. The van der Waals surface area contributed by atoms with Gasteiger partial charge in [-0.1, -0.05) is 23.7 Å².